The number of nitrogens with one attached hydrogen (secondary N) is 1. The Bertz CT molecular complexity index is 995. The molecular weight excluding hydrogens is 399 g/mol. The number of benzene rings is 2. The minimum Gasteiger partial charge on any atom is -0.507 e. The number of aliphatic hydroxyl groups excluding tert-OH is 1. The maximum atomic E-state index is 13.3. The van der Waals surface area contributed by atoms with Crippen LogP contribution in [-0.2, 0) is 14.3 Å². The molecule has 2 N–H and O–H groups in total. The van der Waals surface area contributed by atoms with Crippen molar-refractivity contribution in [3.05, 3.63) is 76.6 Å². The number of amides is 1. The number of aliphatic hydroxyl groups is 1. The van der Waals surface area contributed by atoms with Crippen LogP contribution in [0.4, 0.5) is 4.39 Å². The van der Waals surface area contributed by atoms with Crippen LogP contribution in [0.1, 0.15) is 22.7 Å². The number of nitrogens with zero attached hydrogens (tertiary/aromatic N) is 1. The quantitative estimate of drug-likeness (QED) is 0.433. The molecule has 2 aromatic carbocycles. The highest BCUT2D eigenvalue weighted by molar-refractivity contribution is 6.46. The fourth-order valence-electron chi connectivity index (χ4n) is 4.16. The SMILES string of the molecule is Cc1ccc([C@@H]2/C(=C(\O)c3ccc(F)cc3)C(=O)C(=O)N2CC[NH+]2CCOCC2)cc1. The number of halogens is 1. The molecule has 1 atom stereocenters. The van der Waals surface area contributed by atoms with Crippen molar-refractivity contribution in [2.45, 2.75) is 13.0 Å². The van der Waals surface area contributed by atoms with Crippen molar-refractivity contribution in [2.75, 3.05) is 39.4 Å². The Morgan fingerprint density at radius 2 is 1.74 bits per heavy atom. The molecule has 0 spiro atoms. The Hall–Kier alpha value is -3.03. The minimum absolute atomic E-state index is 0.0393. The van der Waals surface area contributed by atoms with Crippen molar-refractivity contribution < 1.29 is 28.7 Å². The zero-order valence-corrected chi connectivity index (χ0v) is 17.4. The molecule has 162 valence electrons. The first-order chi connectivity index (χ1) is 15.0. The molecule has 4 rings (SSSR count). The first-order valence-corrected chi connectivity index (χ1v) is 10.5. The Labute approximate surface area is 180 Å². The molecule has 2 fully saturated rings. The Morgan fingerprint density at radius 3 is 2.39 bits per heavy atom. The third kappa shape index (κ3) is 4.38. The third-order valence-corrected chi connectivity index (χ3v) is 5.96. The number of carbonyl (C=O) groups is 2. The summed E-state index contributed by atoms with van der Waals surface area (Å²) in [6.45, 7) is 6.11. The van der Waals surface area contributed by atoms with Crippen molar-refractivity contribution in [3.8, 4) is 0 Å². The number of quaternary nitrogens is 1. The minimum atomic E-state index is -0.718. The summed E-state index contributed by atoms with van der Waals surface area (Å²) in [5, 5.41) is 11.0. The third-order valence-electron chi connectivity index (χ3n) is 5.96. The fourth-order valence-corrected chi connectivity index (χ4v) is 4.16. The Morgan fingerprint density at radius 1 is 1.10 bits per heavy atom. The predicted molar refractivity (Wildman–Crippen MR) is 113 cm³/mol. The zero-order valence-electron chi connectivity index (χ0n) is 17.4. The molecule has 2 aliphatic rings. The standard InChI is InChI=1S/C24H25FN2O4/c1-16-2-4-17(5-3-16)21-20(22(28)18-6-8-19(25)9-7-18)23(29)24(30)27(21)11-10-26-12-14-31-15-13-26/h2-9,21,28H,10-15H2,1H3/p+1/b22-20+/t21-/m1/s1. The molecule has 0 bridgehead atoms. The topological polar surface area (TPSA) is 71.3 Å². The van der Waals surface area contributed by atoms with Crippen LogP contribution in [0.2, 0.25) is 0 Å². The van der Waals surface area contributed by atoms with Crippen molar-refractivity contribution >= 4 is 17.4 Å². The van der Waals surface area contributed by atoms with Gasteiger partial charge in [-0.3, -0.25) is 9.59 Å². The van der Waals surface area contributed by atoms with E-state index in [4.69, 9.17) is 4.74 Å². The summed E-state index contributed by atoms with van der Waals surface area (Å²) in [6, 6.07) is 12.1. The average Bonchev–Trinajstić information content (AvgIpc) is 3.04. The van der Waals surface area contributed by atoms with Gasteiger partial charge in [-0.25, -0.2) is 4.39 Å². The van der Waals surface area contributed by atoms with Crippen LogP contribution in [0.25, 0.3) is 5.76 Å². The molecule has 0 aromatic heterocycles. The molecule has 31 heavy (non-hydrogen) atoms. The average molecular weight is 425 g/mol. The maximum absolute atomic E-state index is 13.3. The molecule has 6 nitrogen and oxygen atoms in total. The summed E-state index contributed by atoms with van der Waals surface area (Å²) in [5.41, 5.74) is 2.15. The summed E-state index contributed by atoms with van der Waals surface area (Å²) in [7, 11) is 0. The highest BCUT2D eigenvalue weighted by Crippen LogP contribution is 2.39. The van der Waals surface area contributed by atoms with E-state index in [1.54, 1.807) is 4.90 Å². The highest BCUT2D eigenvalue weighted by atomic mass is 19.1. The lowest BCUT2D eigenvalue weighted by atomic mass is 9.94. The lowest BCUT2D eigenvalue weighted by Gasteiger charge is -2.29. The molecule has 7 heteroatoms. The van der Waals surface area contributed by atoms with Crippen LogP contribution in [-0.4, -0.2) is 61.1 Å². The van der Waals surface area contributed by atoms with E-state index in [0.717, 1.165) is 24.2 Å². The zero-order chi connectivity index (χ0) is 22.0. The van der Waals surface area contributed by atoms with Crippen molar-refractivity contribution in [1.29, 1.82) is 0 Å². The number of rotatable bonds is 5. The van der Waals surface area contributed by atoms with Crippen LogP contribution in [0.5, 0.6) is 0 Å². The van der Waals surface area contributed by atoms with E-state index in [1.807, 2.05) is 31.2 Å². The number of aryl methyl sites for hydroxylation is 1. The lowest BCUT2D eigenvalue weighted by molar-refractivity contribution is -0.907. The van der Waals surface area contributed by atoms with Crippen LogP contribution in [0.3, 0.4) is 0 Å². The number of hydrogen-bond donors (Lipinski definition) is 2. The summed E-state index contributed by atoms with van der Waals surface area (Å²) >= 11 is 0. The van der Waals surface area contributed by atoms with Gasteiger partial charge in [0.15, 0.2) is 0 Å². The molecule has 0 saturated carbocycles. The van der Waals surface area contributed by atoms with E-state index in [9.17, 15) is 19.1 Å². The van der Waals surface area contributed by atoms with Crippen LogP contribution in [0, 0.1) is 12.7 Å². The van der Waals surface area contributed by atoms with Gasteiger partial charge < -0.3 is 19.6 Å². The van der Waals surface area contributed by atoms with E-state index in [0.29, 0.717) is 31.9 Å². The summed E-state index contributed by atoms with van der Waals surface area (Å²) in [4.78, 5) is 28.8. The van der Waals surface area contributed by atoms with Gasteiger partial charge in [-0.05, 0) is 36.8 Å². The van der Waals surface area contributed by atoms with Crippen molar-refractivity contribution in [3.63, 3.8) is 0 Å². The van der Waals surface area contributed by atoms with E-state index in [-0.39, 0.29) is 11.3 Å². The van der Waals surface area contributed by atoms with E-state index in [2.05, 4.69) is 0 Å². The van der Waals surface area contributed by atoms with Gasteiger partial charge >= 0.3 is 0 Å². The first kappa shape index (κ1) is 21.2. The Balaban J connectivity index is 1.72. The first-order valence-electron chi connectivity index (χ1n) is 10.5. The fraction of sp³-hybridized carbons (Fsp3) is 0.333. The number of hydrogen-bond acceptors (Lipinski definition) is 4. The van der Waals surface area contributed by atoms with E-state index < -0.39 is 23.5 Å². The van der Waals surface area contributed by atoms with E-state index in [1.165, 1.54) is 29.2 Å². The van der Waals surface area contributed by atoms with Gasteiger partial charge in [-0.2, -0.15) is 0 Å². The van der Waals surface area contributed by atoms with Gasteiger partial charge in [0.1, 0.15) is 24.7 Å². The molecular formula is C24H26FN2O4+. The van der Waals surface area contributed by atoms with Gasteiger partial charge in [-0.15, -0.1) is 0 Å². The maximum Gasteiger partial charge on any atom is 0.295 e. The van der Waals surface area contributed by atoms with Crippen molar-refractivity contribution in [1.82, 2.24) is 4.90 Å². The summed E-state index contributed by atoms with van der Waals surface area (Å²) in [5.74, 6) is -2.07. The second-order valence-electron chi connectivity index (χ2n) is 8.02. The molecule has 2 saturated heterocycles. The van der Waals surface area contributed by atoms with Crippen LogP contribution in [0.15, 0.2) is 54.1 Å². The molecule has 0 aliphatic carbocycles. The molecule has 0 unspecified atom stereocenters. The lowest BCUT2D eigenvalue weighted by Crippen LogP contribution is -3.14. The van der Waals surface area contributed by atoms with Gasteiger partial charge in [0.2, 0.25) is 0 Å². The number of ether oxygens (including phenoxy) is 1. The highest BCUT2D eigenvalue weighted by Gasteiger charge is 2.46. The monoisotopic (exact) mass is 425 g/mol. The van der Waals surface area contributed by atoms with Gasteiger partial charge in [0.05, 0.1) is 37.9 Å². The number of ketones is 1. The van der Waals surface area contributed by atoms with Gasteiger partial charge in [0, 0.05) is 5.56 Å². The Kier molecular flexibility index (Phi) is 6.15. The van der Waals surface area contributed by atoms with Gasteiger partial charge in [0.25, 0.3) is 11.7 Å². The number of Topliss-reactive ketones (excluding diaryl/α,β-unsaturated/α-hetero) is 1. The van der Waals surface area contributed by atoms with Crippen molar-refractivity contribution in [2.24, 2.45) is 0 Å². The molecule has 2 aliphatic heterocycles. The second kappa shape index (κ2) is 8.99. The number of carbonyl (C=O) groups excluding carboxylic acids is 2. The molecule has 0 radical (unpaired) electrons. The van der Waals surface area contributed by atoms with E-state index >= 15 is 0 Å². The van der Waals surface area contributed by atoms with Crippen LogP contribution < -0.4 is 4.90 Å². The largest absolute Gasteiger partial charge is 0.507 e. The summed E-state index contributed by atoms with van der Waals surface area (Å²) in [6.07, 6.45) is 0. The number of morpholine rings is 1. The van der Waals surface area contributed by atoms with Crippen LogP contribution >= 0.6 is 0 Å². The molecule has 2 heterocycles. The number of likely N-dealkylation sites (tertiary alicyclic amines) is 1. The smallest absolute Gasteiger partial charge is 0.295 e. The second-order valence-corrected chi connectivity index (χ2v) is 8.02. The van der Waals surface area contributed by atoms with Gasteiger partial charge in [-0.1, -0.05) is 29.8 Å². The predicted octanol–water partition coefficient (Wildman–Crippen LogP) is 1.47. The molecule has 1 amide bonds. The molecule has 2 aromatic rings. The normalized spacial score (nSPS) is 21.6. The summed E-state index contributed by atoms with van der Waals surface area (Å²) < 4.78 is 18.7.